The van der Waals surface area contributed by atoms with Crippen LogP contribution in [0.2, 0.25) is 0 Å². The molecule has 106 valence electrons. The first kappa shape index (κ1) is 15.5. The Morgan fingerprint density at radius 2 is 1.79 bits per heavy atom. The summed E-state index contributed by atoms with van der Waals surface area (Å²) < 4.78 is 2.30. The lowest BCUT2D eigenvalue weighted by atomic mass is 9.84. The Labute approximate surface area is 133 Å². The fraction of sp³-hybridized carbons (Fsp3) is 0.625. The molecule has 1 aliphatic rings. The van der Waals surface area contributed by atoms with Gasteiger partial charge in [0.15, 0.2) is 0 Å². The average Bonchev–Trinajstić information content (AvgIpc) is 2.39. The smallest absolute Gasteiger partial charge is 0.0305 e. The Morgan fingerprint density at radius 1 is 1.11 bits per heavy atom. The number of hydrogen-bond donors (Lipinski definition) is 1. The Bertz CT molecular complexity index is 413. The van der Waals surface area contributed by atoms with Crippen molar-refractivity contribution in [3.63, 3.8) is 0 Å². The van der Waals surface area contributed by atoms with Crippen LogP contribution >= 0.6 is 31.9 Å². The van der Waals surface area contributed by atoms with Crippen LogP contribution in [0, 0.1) is 5.92 Å². The molecule has 1 saturated carbocycles. The number of benzene rings is 1. The van der Waals surface area contributed by atoms with E-state index in [2.05, 4.69) is 69.2 Å². The number of rotatable bonds is 4. The van der Waals surface area contributed by atoms with Crippen LogP contribution in [-0.2, 0) is 0 Å². The summed E-state index contributed by atoms with van der Waals surface area (Å²) in [6.45, 7) is 4.60. The first-order chi connectivity index (χ1) is 9.08. The molecule has 0 bridgehead atoms. The van der Waals surface area contributed by atoms with E-state index in [1.54, 1.807) is 0 Å². The molecule has 1 aromatic carbocycles. The van der Waals surface area contributed by atoms with E-state index in [1.165, 1.54) is 42.1 Å². The Hall–Kier alpha value is 0.140. The quantitative estimate of drug-likeness (QED) is 0.683. The molecule has 0 heterocycles. The molecule has 0 spiro atoms. The highest BCUT2D eigenvalue weighted by Crippen LogP contribution is 2.30. The molecule has 0 amide bonds. The fourth-order valence-electron chi connectivity index (χ4n) is 3.11. The molecule has 19 heavy (non-hydrogen) atoms. The van der Waals surface area contributed by atoms with Gasteiger partial charge in [0.25, 0.3) is 0 Å². The van der Waals surface area contributed by atoms with Gasteiger partial charge >= 0.3 is 0 Å². The van der Waals surface area contributed by atoms with Crippen molar-refractivity contribution in [3.8, 4) is 0 Å². The maximum Gasteiger partial charge on any atom is 0.0305 e. The van der Waals surface area contributed by atoms with E-state index in [0.29, 0.717) is 12.1 Å². The molecule has 2 rings (SSSR count). The Kier molecular flexibility index (Phi) is 5.91. The van der Waals surface area contributed by atoms with E-state index in [0.717, 1.165) is 10.4 Å². The van der Waals surface area contributed by atoms with Gasteiger partial charge in [0.2, 0.25) is 0 Å². The maximum absolute atomic E-state index is 3.78. The van der Waals surface area contributed by atoms with Gasteiger partial charge in [-0.25, -0.2) is 0 Å². The number of nitrogens with one attached hydrogen (secondary N) is 1. The van der Waals surface area contributed by atoms with Crippen LogP contribution in [0.4, 0.5) is 0 Å². The third-order valence-electron chi connectivity index (χ3n) is 4.30. The summed E-state index contributed by atoms with van der Waals surface area (Å²) in [7, 11) is 0. The highest BCUT2D eigenvalue weighted by atomic mass is 79.9. The molecule has 3 heteroatoms. The van der Waals surface area contributed by atoms with Gasteiger partial charge in [-0.15, -0.1) is 0 Å². The van der Waals surface area contributed by atoms with Gasteiger partial charge in [-0.1, -0.05) is 57.2 Å². The SMILES string of the molecule is CC(N[C@@H](C)C1CCCCC1)c1ccc(Br)cc1Br. The van der Waals surface area contributed by atoms with E-state index in [9.17, 15) is 0 Å². The van der Waals surface area contributed by atoms with Crippen LogP contribution in [0.3, 0.4) is 0 Å². The second-order valence-electron chi connectivity index (χ2n) is 5.74. The summed E-state index contributed by atoms with van der Waals surface area (Å²) in [4.78, 5) is 0. The third kappa shape index (κ3) is 4.30. The predicted octanol–water partition coefficient (Wildman–Crippen LogP) is 5.83. The minimum absolute atomic E-state index is 0.388. The highest BCUT2D eigenvalue weighted by molar-refractivity contribution is 9.11. The molecule has 1 nitrogen and oxygen atoms in total. The van der Waals surface area contributed by atoms with Crippen LogP contribution < -0.4 is 5.32 Å². The number of halogens is 2. The molecular weight excluding hydrogens is 366 g/mol. The molecule has 0 aromatic heterocycles. The lowest BCUT2D eigenvalue weighted by Crippen LogP contribution is -2.36. The minimum atomic E-state index is 0.388. The van der Waals surface area contributed by atoms with Gasteiger partial charge in [0.05, 0.1) is 0 Å². The number of hydrogen-bond acceptors (Lipinski definition) is 1. The van der Waals surface area contributed by atoms with Crippen molar-refractivity contribution >= 4 is 31.9 Å². The summed E-state index contributed by atoms with van der Waals surface area (Å²) in [5.74, 6) is 0.852. The fourth-order valence-corrected chi connectivity index (χ4v) is 4.50. The van der Waals surface area contributed by atoms with E-state index in [-0.39, 0.29) is 0 Å². The van der Waals surface area contributed by atoms with Gasteiger partial charge in [-0.3, -0.25) is 0 Å². The van der Waals surface area contributed by atoms with Gasteiger partial charge < -0.3 is 5.32 Å². The molecule has 2 atom stereocenters. The topological polar surface area (TPSA) is 12.0 Å². The molecule has 1 N–H and O–H groups in total. The first-order valence-corrected chi connectivity index (χ1v) is 8.87. The molecule has 1 unspecified atom stereocenters. The molecular formula is C16H23Br2N. The lowest BCUT2D eigenvalue weighted by Gasteiger charge is -2.31. The van der Waals surface area contributed by atoms with E-state index < -0.39 is 0 Å². The van der Waals surface area contributed by atoms with Gasteiger partial charge in [-0.05, 0) is 50.3 Å². The lowest BCUT2D eigenvalue weighted by molar-refractivity contribution is 0.268. The van der Waals surface area contributed by atoms with Crippen LogP contribution in [0.5, 0.6) is 0 Å². The zero-order valence-corrected chi connectivity index (χ0v) is 14.9. The molecule has 1 aliphatic carbocycles. The van der Waals surface area contributed by atoms with Crippen molar-refractivity contribution in [1.82, 2.24) is 5.32 Å². The summed E-state index contributed by atoms with van der Waals surface area (Å²) >= 11 is 7.17. The van der Waals surface area contributed by atoms with Crippen molar-refractivity contribution < 1.29 is 0 Å². The molecule has 0 aliphatic heterocycles. The van der Waals surface area contributed by atoms with Crippen LogP contribution in [0.15, 0.2) is 27.1 Å². The average molecular weight is 389 g/mol. The third-order valence-corrected chi connectivity index (χ3v) is 5.48. The van der Waals surface area contributed by atoms with Crippen molar-refractivity contribution in [2.24, 2.45) is 5.92 Å². The van der Waals surface area contributed by atoms with Crippen molar-refractivity contribution in [2.45, 2.75) is 58.0 Å². The van der Waals surface area contributed by atoms with Gasteiger partial charge in [-0.2, -0.15) is 0 Å². The standard InChI is InChI=1S/C16H23Br2N/c1-11(13-6-4-3-5-7-13)19-12(2)15-9-8-14(17)10-16(15)18/h8-13,19H,3-7H2,1-2H3/t11-,12?/m0/s1. The zero-order valence-electron chi connectivity index (χ0n) is 11.8. The summed E-state index contributed by atoms with van der Waals surface area (Å²) in [6, 6.07) is 7.42. The monoisotopic (exact) mass is 387 g/mol. The molecule has 0 radical (unpaired) electrons. The highest BCUT2D eigenvalue weighted by Gasteiger charge is 2.22. The largest absolute Gasteiger partial charge is 0.307 e. The normalized spacial score (nSPS) is 20.2. The first-order valence-electron chi connectivity index (χ1n) is 7.29. The predicted molar refractivity (Wildman–Crippen MR) is 89.4 cm³/mol. The van der Waals surface area contributed by atoms with Crippen molar-refractivity contribution in [1.29, 1.82) is 0 Å². The second kappa shape index (κ2) is 7.24. The van der Waals surface area contributed by atoms with Gasteiger partial charge in [0.1, 0.15) is 0 Å². The maximum atomic E-state index is 3.78. The van der Waals surface area contributed by atoms with E-state index >= 15 is 0 Å². The van der Waals surface area contributed by atoms with E-state index in [1.807, 2.05) is 0 Å². The molecule has 1 fully saturated rings. The Balaban J connectivity index is 1.97. The molecule has 0 saturated heterocycles. The van der Waals surface area contributed by atoms with Crippen LogP contribution in [0.25, 0.3) is 0 Å². The molecule has 1 aromatic rings. The summed E-state index contributed by atoms with van der Waals surface area (Å²) in [5.41, 5.74) is 1.34. The van der Waals surface area contributed by atoms with Crippen molar-refractivity contribution in [3.05, 3.63) is 32.7 Å². The second-order valence-corrected chi connectivity index (χ2v) is 7.51. The Morgan fingerprint density at radius 3 is 2.42 bits per heavy atom. The van der Waals surface area contributed by atoms with Crippen LogP contribution in [-0.4, -0.2) is 6.04 Å². The van der Waals surface area contributed by atoms with Crippen LogP contribution in [0.1, 0.15) is 57.6 Å². The summed E-state index contributed by atoms with van der Waals surface area (Å²) in [5, 5.41) is 3.78. The zero-order chi connectivity index (χ0) is 13.8. The minimum Gasteiger partial charge on any atom is -0.307 e. The van der Waals surface area contributed by atoms with E-state index in [4.69, 9.17) is 0 Å². The summed E-state index contributed by atoms with van der Waals surface area (Å²) in [6.07, 6.45) is 7.03. The van der Waals surface area contributed by atoms with Gasteiger partial charge in [0, 0.05) is 21.0 Å². The van der Waals surface area contributed by atoms with Crippen molar-refractivity contribution in [2.75, 3.05) is 0 Å².